The summed E-state index contributed by atoms with van der Waals surface area (Å²) in [5.41, 5.74) is 5.18. The molecule has 1 unspecified atom stereocenters. The van der Waals surface area contributed by atoms with E-state index in [0.717, 1.165) is 0 Å². The molecule has 2 rings (SSSR count). The first-order chi connectivity index (χ1) is 12.6. The van der Waals surface area contributed by atoms with Crippen molar-refractivity contribution in [1.29, 1.82) is 0 Å². The lowest BCUT2D eigenvalue weighted by Gasteiger charge is -2.17. The zero-order valence-electron chi connectivity index (χ0n) is 14.6. The first kappa shape index (κ1) is 19.1. The van der Waals surface area contributed by atoms with E-state index in [1.807, 2.05) is 25.1 Å². The van der Waals surface area contributed by atoms with Crippen molar-refractivity contribution >= 4 is 11.8 Å². The molecule has 136 valence electrons. The van der Waals surface area contributed by atoms with Gasteiger partial charge in [-0.1, -0.05) is 37.8 Å². The third-order valence-corrected chi connectivity index (χ3v) is 3.47. The van der Waals surface area contributed by atoms with Crippen molar-refractivity contribution in [3.63, 3.8) is 0 Å². The molecule has 0 aliphatic carbocycles. The SMILES string of the molecule is C=CCOc1ccc(C(=O)NNC(=O)C(CC)Oc2ccccc2)cc1. The summed E-state index contributed by atoms with van der Waals surface area (Å²) in [4.78, 5) is 24.3. The number of amides is 2. The first-order valence-corrected chi connectivity index (χ1v) is 8.29. The Kier molecular flexibility index (Phi) is 7.24. The van der Waals surface area contributed by atoms with Gasteiger partial charge in [-0.05, 0) is 42.8 Å². The van der Waals surface area contributed by atoms with Gasteiger partial charge in [0.05, 0.1) is 0 Å². The highest BCUT2D eigenvalue weighted by Crippen LogP contribution is 2.13. The summed E-state index contributed by atoms with van der Waals surface area (Å²) in [5.74, 6) is 0.377. The Hall–Kier alpha value is -3.28. The van der Waals surface area contributed by atoms with E-state index in [1.54, 1.807) is 42.5 Å². The Balaban J connectivity index is 1.86. The molecule has 2 N–H and O–H groups in total. The molecule has 0 aliphatic heterocycles. The summed E-state index contributed by atoms with van der Waals surface area (Å²) in [6.45, 7) is 5.79. The summed E-state index contributed by atoms with van der Waals surface area (Å²) in [6.07, 6.45) is 1.40. The molecule has 0 radical (unpaired) electrons. The molecule has 0 aliphatic rings. The average molecular weight is 354 g/mol. The third kappa shape index (κ3) is 5.66. The highest BCUT2D eigenvalue weighted by Gasteiger charge is 2.19. The number of hydrogen-bond acceptors (Lipinski definition) is 4. The fourth-order valence-corrected chi connectivity index (χ4v) is 2.11. The van der Waals surface area contributed by atoms with Crippen LogP contribution in [-0.4, -0.2) is 24.5 Å². The van der Waals surface area contributed by atoms with Crippen molar-refractivity contribution in [1.82, 2.24) is 10.9 Å². The van der Waals surface area contributed by atoms with Crippen molar-refractivity contribution in [2.75, 3.05) is 6.61 Å². The quantitative estimate of drug-likeness (QED) is 0.564. The molecule has 0 saturated heterocycles. The minimum atomic E-state index is -0.702. The largest absolute Gasteiger partial charge is 0.490 e. The van der Waals surface area contributed by atoms with Crippen LogP contribution in [0.4, 0.5) is 0 Å². The van der Waals surface area contributed by atoms with Gasteiger partial charge in [-0.2, -0.15) is 0 Å². The standard InChI is InChI=1S/C20H22N2O4/c1-3-14-25-16-12-10-15(11-13-16)19(23)21-22-20(24)18(4-2)26-17-8-6-5-7-9-17/h3,5-13,18H,1,4,14H2,2H3,(H,21,23)(H,22,24). The Morgan fingerprint density at radius 1 is 1.04 bits per heavy atom. The number of para-hydroxylation sites is 1. The van der Waals surface area contributed by atoms with Crippen molar-refractivity contribution in [3.8, 4) is 11.5 Å². The van der Waals surface area contributed by atoms with E-state index in [1.165, 1.54) is 0 Å². The maximum Gasteiger partial charge on any atom is 0.279 e. The van der Waals surface area contributed by atoms with Crippen LogP contribution in [0.25, 0.3) is 0 Å². The number of rotatable bonds is 8. The topological polar surface area (TPSA) is 76.7 Å². The lowest BCUT2D eigenvalue weighted by Crippen LogP contribution is -2.47. The molecule has 0 spiro atoms. The Morgan fingerprint density at radius 3 is 2.35 bits per heavy atom. The van der Waals surface area contributed by atoms with Crippen LogP contribution < -0.4 is 20.3 Å². The van der Waals surface area contributed by atoms with E-state index >= 15 is 0 Å². The van der Waals surface area contributed by atoms with Gasteiger partial charge in [0.1, 0.15) is 18.1 Å². The smallest absolute Gasteiger partial charge is 0.279 e. The van der Waals surface area contributed by atoms with Crippen LogP contribution in [0.5, 0.6) is 11.5 Å². The summed E-state index contributed by atoms with van der Waals surface area (Å²) in [6, 6.07) is 15.6. The van der Waals surface area contributed by atoms with E-state index in [9.17, 15) is 9.59 Å². The zero-order chi connectivity index (χ0) is 18.8. The number of hydrazine groups is 1. The van der Waals surface area contributed by atoms with Gasteiger partial charge in [-0.3, -0.25) is 20.4 Å². The predicted octanol–water partition coefficient (Wildman–Crippen LogP) is 2.87. The van der Waals surface area contributed by atoms with Crippen LogP contribution in [-0.2, 0) is 4.79 Å². The van der Waals surface area contributed by atoms with Gasteiger partial charge in [0, 0.05) is 5.56 Å². The molecule has 2 aromatic rings. The summed E-state index contributed by atoms with van der Waals surface area (Å²) in [7, 11) is 0. The van der Waals surface area contributed by atoms with Crippen molar-refractivity contribution < 1.29 is 19.1 Å². The Morgan fingerprint density at radius 2 is 1.73 bits per heavy atom. The molecular weight excluding hydrogens is 332 g/mol. The maximum atomic E-state index is 12.2. The zero-order valence-corrected chi connectivity index (χ0v) is 14.6. The molecule has 0 saturated carbocycles. The van der Waals surface area contributed by atoms with Crippen LogP contribution >= 0.6 is 0 Å². The van der Waals surface area contributed by atoms with Crippen molar-refractivity contribution in [2.24, 2.45) is 0 Å². The van der Waals surface area contributed by atoms with E-state index in [4.69, 9.17) is 9.47 Å². The molecule has 0 aromatic heterocycles. The molecular formula is C20H22N2O4. The summed E-state index contributed by atoms with van der Waals surface area (Å²) < 4.78 is 11.0. The fraction of sp³-hybridized carbons (Fsp3) is 0.200. The second-order valence-corrected chi connectivity index (χ2v) is 5.40. The maximum absolute atomic E-state index is 12.2. The first-order valence-electron chi connectivity index (χ1n) is 8.29. The second-order valence-electron chi connectivity index (χ2n) is 5.40. The van der Waals surface area contributed by atoms with Gasteiger partial charge in [0.2, 0.25) is 0 Å². The number of nitrogens with one attached hydrogen (secondary N) is 2. The molecule has 2 amide bonds. The van der Waals surface area contributed by atoms with Gasteiger partial charge in [0.25, 0.3) is 11.8 Å². The van der Waals surface area contributed by atoms with Gasteiger partial charge >= 0.3 is 0 Å². The number of carbonyl (C=O) groups excluding carboxylic acids is 2. The number of benzene rings is 2. The number of carbonyl (C=O) groups is 2. The third-order valence-electron chi connectivity index (χ3n) is 3.47. The number of hydrogen-bond donors (Lipinski definition) is 2. The van der Waals surface area contributed by atoms with E-state index in [2.05, 4.69) is 17.4 Å². The van der Waals surface area contributed by atoms with Gasteiger partial charge in [0.15, 0.2) is 6.10 Å². The van der Waals surface area contributed by atoms with E-state index in [0.29, 0.717) is 30.1 Å². The van der Waals surface area contributed by atoms with Gasteiger partial charge in [-0.25, -0.2) is 0 Å². The molecule has 2 aromatic carbocycles. The molecule has 0 bridgehead atoms. The van der Waals surface area contributed by atoms with Crippen molar-refractivity contribution in [2.45, 2.75) is 19.4 Å². The molecule has 1 atom stereocenters. The van der Waals surface area contributed by atoms with Crippen molar-refractivity contribution in [3.05, 3.63) is 72.8 Å². The van der Waals surface area contributed by atoms with E-state index < -0.39 is 17.9 Å². The van der Waals surface area contributed by atoms with Gasteiger partial charge < -0.3 is 9.47 Å². The fourth-order valence-electron chi connectivity index (χ4n) is 2.11. The van der Waals surface area contributed by atoms with Crippen LogP contribution in [0.3, 0.4) is 0 Å². The highest BCUT2D eigenvalue weighted by atomic mass is 16.5. The normalized spacial score (nSPS) is 11.1. The average Bonchev–Trinajstić information content (AvgIpc) is 2.69. The van der Waals surface area contributed by atoms with Crippen LogP contribution in [0.2, 0.25) is 0 Å². The predicted molar refractivity (Wildman–Crippen MR) is 98.9 cm³/mol. The second kappa shape index (κ2) is 9.88. The Labute approximate surface area is 152 Å². The lowest BCUT2D eigenvalue weighted by molar-refractivity contribution is -0.128. The molecule has 0 heterocycles. The summed E-state index contributed by atoms with van der Waals surface area (Å²) in [5, 5.41) is 0. The molecule has 6 heteroatoms. The van der Waals surface area contributed by atoms with E-state index in [-0.39, 0.29) is 0 Å². The molecule has 26 heavy (non-hydrogen) atoms. The number of ether oxygens (including phenoxy) is 2. The van der Waals surface area contributed by atoms with Crippen LogP contribution in [0.1, 0.15) is 23.7 Å². The summed E-state index contributed by atoms with van der Waals surface area (Å²) >= 11 is 0. The van der Waals surface area contributed by atoms with Gasteiger partial charge in [-0.15, -0.1) is 0 Å². The van der Waals surface area contributed by atoms with Crippen LogP contribution in [0, 0.1) is 0 Å². The molecule has 6 nitrogen and oxygen atoms in total. The lowest BCUT2D eigenvalue weighted by atomic mass is 10.2. The minimum Gasteiger partial charge on any atom is -0.490 e. The minimum absolute atomic E-state index is 0.390. The highest BCUT2D eigenvalue weighted by molar-refractivity contribution is 5.95. The molecule has 0 fully saturated rings. The monoisotopic (exact) mass is 354 g/mol. The Bertz CT molecular complexity index is 729. The van der Waals surface area contributed by atoms with Crippen LogP contribution in [0.15, 0.2) is 67.3 Å².